The first kappa shape index (κ1) is 21.8. The van der Waals surface area contributed by atoms with Crippen molar-refractivity contribution in [2.24, 2.45) is 0 Å². The zero-order valence-electron chi connectivity index (χ0n) is 18.3. The fourth-order valence-corrected chi connectivity index (χ4v) is 4.83. The van der Waals surface area contributed by atoms with Crippen molar-refractivity contribution < 1.29 is 22.6 Å². The van der Waals surface area contributed by atoms with E-state index >= 15 is 0 Å². The summed E-state index contributed by atoms with van der Waals surface area (Å²) in [5.74, 6) is -3.07. The molecule has 0 radical (unpaired) electrons. The highest BCUT2D eigenvalue weighted by Crippen LogP contribution is 2.35. The van der Waals surface area contributed by atoms with Gasteiger partial charge in [0.2, 0.25) is 5.82 Å². The number of aryl methyl sites for hydroxylation is 1. The Hall–Kier alpha value is -2.99. The summed E-state index contributed by atoms with van der Waals surface area (Å²) in [6.45, 7) is 1.89. The molecule has 172 valence electrons. The molecule has 0 amide bonds. The first-order chi connectivity index (χ1) is 16.1. The molecule has 2 aliphatic rings. The summed E-state index contributed by atoms with van der Waals surface area (Å²) in [5, 5.41) is 0. The lowest BCUT2D eigenvalue weighted by molar-refractivity contribution is 0.0693. The number of para-hydroxylation sites is 1. The molecule has 0 aliphatic carbocycles. The maximum absolute atomic E-state index is 13.9. The molecule has 33 heavy (non-hydrogen) atoms. The molecular formula is C27H26F3NO2. The van der Waals surface area contributed by atoms with E-state index in [1.165, 1.54) is 5.56 Å². The largest absolute Gasteiger partial charge is 0.489 e. The van der Waals surface area contributed by atoms with Crippen molar-refractivity contribution in [1.82, 2.24) is 4.90 Å². The van der Waals surface area contributed by atoms with Crippen molar-refractivity contribution in [3.8, 4) is 17.2 Å². The van der Waals surface area contributed by atoms with Gasteiger partial charge in [0.15, 0.2) is 17.4 Å². The first-order valence-electron chi connectivity index (χ1n) is 11.5. The number of hydrogen-bond donors (Lipinski definition) is 0. The number of nitrogens with zero attached hydrogens (tertiary/aromatic N) is 1. The van der Waals surface area contributed by atoms with E-state index in [1.807, 2.05) is 24.3 Å². The van der Waals surface area contributed by atoms with E-state index in [0.717, 1.165) is 68.6 Å². The number of likely N-dealkylation sites (tertiary alicyclic amines) is 1. The smallest absolute Gasteiger partial charge is 0.204 e. The Morgan fingerprint density at radius 1 is 0.879 bits per heavy atom. The van der Waals surface area contributed by atoms with Gasteiger partial charge < -0.3 is 9.47 Å². The summed E-state index contributed by atoms with van der Waals surface area (Å²) in [6, 6.07) is 17.9. The maximum atomic E-state index is 13.9. The standard InChI is InChI=1S/C27H26F3NO2/c28-22-14-15-25(27(30)26(22)29)32-20-11-8-18(9-12-20)23-6-3-4-16-31(23)17-21-13-10-19-5-1-2-7-24(19)33-21/h1-2,5,7-9,11-12,14-15,21,23H,3-4,6,10,13,16-17H2. The molecule has 3 aromatic carbocycles. The molecule has 0 saturated carbocycles. The summed E-state index contributed by atoms with van der Waals surface area (Å²) in [7, 11) is 0. The molecule has 1 saturated heterocycles. The van der Waals surface area contributed by atoms with Crippen LogP contribution < -0.4 is 9.47 Å². The Kier molecular flexibility index (Phi) is 6.27. The molecule has 5 rings (SSSR count). The zero-order chi connectivity index (χ0) is 22.8. The zero-order valence-corrected chi connectivity index (χ0v) is 18.3. The van der Waals surface area contributed by atoms with E-state index in [1.54, 1.807) is 12.1 Å². The molecule has 2 atom stereocenters. The van der Waals surface area contributed by atoms with Crippen LogP contribution in [0.15, 0.2) is 60.7 Å². The van der Waals surface area contributed by atoms with Crippen LogP contribution in [0.2, 0.25) is 0 Å². The van der Waals surface area contributed by atoms with Gasteiger partial charge in [-0.05, 0) is 73.7 Å². The van der Waals surface area contributed by atoms with E-state index < -0.39 is 17.5 Å². The van der Waals surface area contributed by atoms with E-state index in [4.69, 9.17) is 9.47 Å². The van der Waals surface area contributed by atoms with Crippen molar-refractivity contribution in [2.75, 3.05) is 13.1 Å². The van der Waals surface area contributed by atoms with Crippen LogP contribution in [0.4, 0.5) is 13.2 Å². The molecule has 0 aromatic heterocycles. The molecule has 2 aliphatic heterocycles. The van der Waals surface area contributed by atoms with Crippen LogP contribution in [-0.2, 0) is 6.42 Å². The second-order valence-corrected chi connectivity index (χ2v) is 8.74. The van der Waals surface area contributed by atoms with E-state index in [2.05, 4.69) is 17.0 Å². The average molecular weight is 454 g/mol. The number of benzene rings is 3. The molecule has 3 aromatic rings. The van der Waals surface area contributed by atoms with Gasteiger partial charge in [-0.2, -0.15) is 4.39 Å². The predicted octanol–water partition coefficient (Wildman–Crippen LogP) is 6.82. The average Bonchev–Trinajstić information content (AvgIpc) is 2.85. The lowest BCUT2D eigenvalue weighted by Gasteiger charge is -2.39. The van der Waals surface area contributed by atoms with Crippen molar-refractivity contribution in [2.45, 2.75) is 44.2 Å². The lowest BCUT2D eigenvalue weighted by atomic mass is 9.94. The van der Waals surface area contributed by atoms with Gasteiger partial charge in [0.25, 0.3) is 0 Å². The molecule has 2 heterocycles. The number of rotatable bonds is 5. The molecule has 6 heteroatoms. The summed E-state index contributed by atoms with van der Waals surface area (Å²) >= 11 is 0. The monoisotopic (exact) mass is 453 g/mol. The van der Waals surface area contributed by atoms with Gasteiger partial charge in [-0.25, -0.2) is 8.78 Å². The molecular weight excluding hydrogens is 427 g/mol. The number of ether oxygens (including phenoxy) is 2. The van der Waals surface area contributed by atoms with Crippen LogP contribution >= 0.6 is 0 Å². The minimum absolute atomic E-state index is 0.166. The third-order valence-corrected chi connectivity index (χ3v) is 6.55. The van der Waals surface area contributed by atoms with E-state index in [0.29, 0.717) is 5.75 Å². The second kappa shape index (κ2) is 9.48. The van der Waals surface area contributed by atoms with Gasteiger partial charge in [0, 0.05) is 12.6 Å². The van der Waals surface area contributed by atoms with Crippen LogP contribution in [0.3, 0.4) is 0 Å². The van der Waals surface area contributed by atoms with Crippen LogP contribution in [0.1, 0.15) is 42.9 Å². The normalized spacial score (nSPS) is 20.7. The second-order valence-electron chi connectivity index (χ2n) is 8.74. The Bertz CT molecular complexity index is 1120. The number of halogens is 3. The molecule has 0 bridgehead atoms. The van der Waals surface area contributed by atoms with Gasteiger partial charge in [-0.1, -0.05) is 36.8 Å². The number of fused-ring (bicyclic) bond motifs is 1. The van der Waals surface area contributed by atoms with Gasteiger partial charge in [0.05, 0.1) is 0 Å². The van der Waals surface area contributed by atoms with Gasteiger partial charge in [-0.3, -0.25) is 4.90 Å². The highest BCUT2D eigenvalue weighted by molar-refractivity contribution is 5.36. The summed E-state index contributed by atoms with van der Waals surface area (Å²) in [5.41, 5.74) is 2.43. The Balaban J connectivity index is 1.27. The Morgan fingerprint density at radius 3 is 2.55 bits per heavy atom. The summed E-state index contributed by atoms with van der Waals surface area (Å²) in [4.78, 5) is 2.49. The van der Waals surface area contributed by atoms with Crippen LogP contribution in [0.25, 0.3) is 0 Å². The van der Waals surface area contributed by atoms with Gasteiger partial charge >= 0.3 is 0 Å². The van der Waals surface area contributed by atoms with Crippen LogP contribution in [0.5, 0.6) is 17.2 Å². The Morgan fingerprint density at radius 2 is 1.70 bits per heavy atom. The fourth-order valence-electron chi connectivity index (χ4n) is 4.83. The maximum Gasteiger partial charge on any atom is 0.204 e. The molecule has 3 nitrogen and oxygen atoms in total. The minimum Gasteiger partial charge on any atom is -0.489 e. The quantitative estimate of drug-likeness (QED) is 0.396. The van der Waals surface area contributed by atoms with Gasteiger partial charge in [-0.15, -0.1) is 0 Å². The highest BCUT2D eigenvalue weighted by Gasteiger charge is 2.29. The molecule has 2 unspecified atom stereocenters. The van der Waals surface area contributed by atoms with Crippen molar-refractivity contribution in [3.05, 3.63) is 89.2 Å². The third kappa shape index (κ3) is 4.71. The van der Waals surface area contributed by atoms with Crippen LogP contribution in [-0.4, -0.2) is 24.1 Å². The summed E-state index contributed by atoms with van der Waals surface area (Å²) < 4.78 is 52.3. The minimum atomic E-state index is -1.53. The van der Waals surface area contributed by atoms with Crippen molar-refractivity contribution in [1.29, 1.82) is 0 Å². The highest BCUT2D eigenvalue weighted by atomic mass is 19.2. The topological polar surface area (TPSA) is 21.7 Å². The van der Waals surface area contributed by atoms with E-state index in [-0.39, 0.29) is 17.9 Å². The fraction of sp³-hybridized carbons (Fsp3) is 0.333. The van der Waals surface area contributed by atoms with Crippen molar-refractivity contribution >= 4 is 0 Å². The predicted molar refractivity (Wildman–Crippen MR) is 120 cm³/mol. The molecule has 0 N–H and O–H groups in total. The molecule has 0 spiro atoms. The summed E-state index contributed by atoms with van der Waals surface area (Å²) in [6.07, 6.45) is 5.59. The van der Waals surface area contributed by atoms with Gasteiger partial charge in [0.1, 0.15) is 17.6 Å². The third-order valence-electron chi connectivity index (χ3n) is 6.55. The SMILES string of the molecule is Fc1ccc(Oc2ccc(C3CCCCN3CC3CCc4ccccc4O3)cc2)c(F)c1F. The Labute approximate surface area is 191 Å². The van der Waals surface area contributed by atoms with Crippen LogP contribution in [0, 0.1) is 17.5 Å². The number of hydrogen-bond acceptors (Lipinski definition) is 3. The number of piperidine rings is 1. The lowest BCUT2D eigenvalue weighted by Crippen LogP contribution is -2.42. The van der Waals surface area contributed by atoms with E-state index in [9.17, 15) is 13.2 Å². The molecule has 1 fully saturated rings. The van der Waals surface area contributed by atoms with Crippen molar-refractivity contribution in [3.63, 3.8) is 0 Å². The first-order valence-corrected chi connectivity index (χ1v) is 11.5.